The van der Waals surface area contributed by atoms with E-state index in [0.29, 0.717) is 16.8 Å². The van der Waals surface area contributed by atoms with Crippen LogP contribution in [0.1, 0.15) is 50.7 Å². The third-order valence-electron chi connectivity index (χ3n) is 2.90. The summed E-state index contributed by atoms with van der Waals surface area (Å²) in [5, 5.41) is 11.0. The summed E-state index contributed by atoms with van der Waals surface area (Å²) >= 11 is 0. The van der Waals surface area contributed by atoms with Crippen molar-refractivity contribution in [2.75, 3.05) is 0 Å². The second kappa shape index (κ2) is 6.31. The van der Waals surface area contributed by atoms with Crippen LogP contribution in [0.5, 0.6) is 0 Å². The fourth-order valence-electron chi connectivity index (χ4n) is 1.81. The molecule has 0 aliphatic heterocycles. The Labute approximate surface area is 112 Å². The maximum atomic E-state index is 13.8. The molecule has 0 radical (unpaired) electrons. The van der Waals surface area contributed by atoms with Gasteiger partial charge in [-0.25, -0.2) is 4.39 Å². The highest BCUT2D eigenvalue weighted by molar-refractivity contribution is 5.71. The summed E-state index contributed by atoms with van der Waals surface area (Å²) in [5.74, 6) is -0.618. The first kappa shape index (κ1) is 15.1. The van der Waals surface area contributed by atoms with Gasteiger partial charge in [0, 0.05) is 5.70 Å². The van der Waals surface area contributed by atoms with Crippen LogP contribution >= 0.6 is 0 Å². The molecule has 0 aliphatic rings. The molecule has 19 heavy (non-hydrogen) atoms. The quantitative estimate of drug-likeness (QED) is 0.647. The topological polar surface area (TPSA) is 69.2 Å². The third kappa shape index (κ3) is 3.53. The van der Waals surface area contributed by atoms with Gasteiger partial charge in [0.25, 0.3) is 5.69 Å². The van der Waals surface area contributed by atoms with Crippen LogP contribution in [-0.2, 0) is 0 Å². The minimum Gasteiger partial charge on any atom is -0.398 e. The van der Waals surface area contributed by atoms with Gasteiger partial charge in [-0.1, -0.05) is 33.3 Å². The molecule has 5 heteroatoms. The van der Waals surface area contributed by atoms with Crippen molar-refractivity contribution in [3.05, 3.63) is 45.3 Å². The van der Waals surface area contributed by atoms with Gasteiger partial charge in [-0.15, -0.1) is 0 Å². The first-order chi connectivity index (χ1) is 8.88. The van der Waals surface area contributed by atoms with Gasteiger partial charge in [0.1, 0.15) is 5.82 Å². The van der Waals surface area contributed by atoms with Crippen molar-refractivity contribution in [1.82, 2.24) is 0 Å². The fourth-order valence-corrected chi connectivity index (χ4v) is 1.81. The van der Waals surface area contributed by atoms with Crippen molar-refractivity contribution in [2.45, 2.75) is 39.5 Å². The molecular weight excluding hydrogens is 247 g/mol. The van der Waals surface area contributed by atoms with E-state index in [0.717, 1.165) is 18.9 Å². The van der Waals surface area contributed by atoms with Crippen LogP contribution in [0.25, 0.3) is 5.70 Å². The van der Waals surface area contributed by atoms with Gasteiger partial charge in [0.2, 0.25) is 0 Å². The third-order valence-corrected chi connectivity index (χ3v) is 2.90. The summed E-state index contributed by atoms with van der Waals surface area (Å²) in [6.07, 6.45) is 3.37. The van der Waals surface area contributed by atoms with Crippen molar-refractivity contribution in [3.63, 3.8) is 0 Å². The average molecular weight is 266 g/mol. The van der Waals surface area contributed by atoms with Crippen molar-refractivity contribution in [3.8, 4) is 0 Å². The molecule has 0 saturated carbocycles. The number of benzene rings is 1. The Morgan fingerprint density at radius 2 is 2.16 bits per heavy atom. The number of nitrogens with zero attached hydrogens (tertiary/aromatic N) is 1. The summed E-state index contributed by atoms with van der Waals surface area (Å²) in [6, 6.07) is 2.44. The standard InChI is InChI=1S/C14H19FN2O2/c1-4-5-6-13(16)11-7-10(9(2)3)12(15)8-14(11)17(18)19/h6-9H,4-5,16H2,1-3H3/b13-6-. The number of nitro benzene ring substituents is 1. The molecule has 0 spiro atoms. The van der Waals surface area contributed by atoms with Crippen LogP contribution in [0.2, 0.25) is 0 Å². The summed E-state index contributed by atoms with van der Waals surface area (Å²) in [7, 11) is 0. The molecule has 1 rings (SSSR count). The van der Waals surface area contributed by atoms with Crippen LogP contribution in [0.15, 0.2) is 18.2 Å². The maximum Gasteiger partial charge on any atom is 0.281 e. The normalized spacial score (nSPS) is 11.9. The van der Waals surface area contributed by atoms with Gasteiger partial charge in [-0.3, -0.25) is 10.1 Å². The lowest BCUT2D eigenvalue weighted by molar-refractivity contribution is -0.385. The van der Waals surface area contributed by atoms with Crippen LogP contribution in [0.4, 0.5) is 10.1 Å². The minimum absolute atomic E-state index is 0.0569. The van der Waals surface area contributed by atoms with Crippen LogP contribution in [0.3, 0.4) is 0 Å². The second-order valence-electron chi connectivity index (χ2n) is 4.75. The lowest BCUT2D eigenvalue weighted by atomic mass is 9.97. The van der Waals surface area contributed by atoms with Gasteiger partial charge >= 0.3 is 0 Å². The molecule has 1 aromatic carbocycles. The molecule has 0 atom stereocenters. The van der Waals surface area contributed by atoms with E-state index in [1.165, 1.54) is 6.07 Å². The Bertz CT molecular complexity index is 510. The number of unbranched alkanes of at least 4 members (excludes halogenated alkanes) is 1. The molecule has 1 aromatic rings. The van der Waals surface area contributed by atoms with Crippen molar-refractivity contribution in [2.24, 2.45) is 5.73 Å². The minimum atomic E-state index is -0.602. The van der Waals surface area contributed by atoms with Crippen molar-refractivity contribution in [1.29, 1.82) is 0 Å². The van der Waals surface area contributed by atoms with Gasteiger partial charge in [0.05, 0.1) is 16.6 Å². The SMILES string of the molecule is CCC/C=C(\N)c1cc(C(C)C)c(F)cc1[N+](=O)[O-]. The van der Waals surface area contributed by atoms with E-state index >= 15 is 0 Å². The summed E-state index contributed by atoms with van der Waals surface area (Å²) in [4.78, 5) is 10.4. The Kier molecular flexibility index (Phi) is 5.03. The average Bonchev–Trinajstić information content (AvgIpc) is 2.34. The van der Waals surface area contributed by atoms with Gasteiger partial charge in [-0.05, 0) is 24.0 Å². The van der Waals surface area contributed by atoms with Crippen LogP contribution in [0, 0.1) is 15.9 Å². The molecule has 0 saturated heterocycles. The Hall–Kier alpha value is -1.91. The smallest absolute Gasteiger partial charge is 0.281 e. The molecule has 4 nitrogen and oxygen atoms in total. The fraction of sp³-hybridized carbons (Fsp3) is 0.429. The van der Waals surface area contributed by atoms with Crippen molar-refractivity contribution >= 4 is 11.4 Å². The zero-order valence-electron chi connectivity index (χ0n) is 11.4. The lowest BCUT2D eigenvalue weighted by Gasteiger charge is -2.11. The number of hydrogen-bond acceptors (Lipinski definition) is 3. The maximum absolute atomic E-state index is 13.8. The highest BCUT2D eigenvalue weighted by atomic mass is 19.1. The zero-order chi connectivity index (χ0) is 14.6. The van der Waals surface area contributed by atoms with Crippen LogP contribution < -0.4 is 5.73 Å². The van der Waals surface area contributed by atoms with Crippen molar-refractivity contribution < 1.29 is 9.31 Å². The number of hydrogen-bond donors (Lipinski definition) is 1. The highest BCUT2D eigenvalue weighted by Gasteiger charge is 2.20. The van der Waals surface area contributed by atoms with Gasteiger partial charge in [-0.2, -0.15) is 0 Å². The number of halogens is 1. The van der Waals surface area contributed by atoms with E-state index in [4.69, 9.17) is 5.73 Å². The number of nitrogens with two attached hydrogens (primary N) is 1. The first-order valence-corrected chi connectivity index (χ1v) is 6.32. The molecule has 0 fully saturated rings. The van der Waals surface area contributed by atoms with Gasteiger partial charge < -0.3 is 5.73 Å². The summed E-state index contributed by atoms with van der Waals surface area (Å²) in [5.41, 5.74) is 6.65. The number of allylic oxidation sites excluding steroid dienone is 1. The predicted molar refractivity (Wildman–Crippen MR) is 74.2 cm³/mol. The molecule has 0 aliphatic carbocycles. The van der Waals surface area contributed by atoms with E-state index in [2.05, 4.69) is 0 Å². The second-order valence-corrected chi connectivity index (χ2v) is 4.75. The van der Waals surface area contributed by atoms with Gasteiger partial charge in [0.15, 0.2) is 0 Å². The molecular formula is C14H19FN2O2. The number of rotatable bonds is 5. The molecule has 0 aromatic heterocycles. The van der Waals surface area contributed by atoms with E-state index in [-0.39, 0.29) is 11.6 Å². The highest BCUT2D eigenvalue weighted by Crippen LogP contribution is 2.30. The summed E-state index contributed by atoms with van der Waals surface area (Å²) < 4.78 is 13.8. The van der Waals surface area contributed by atoms with E-state index < -0.39 is 10.7 Å². The molecule has 0 unspecified atom stereocenters. The van der Waals surface area contributed by atoms with E-state index in [9.17, 15) is 14.5 Å². The molecule has 0 amide bonds. The predicted octanol–water partition coefficient (Wildman–Crippen LogP) is 3.96. The first-order valence-electron chi connectivity index (χ1n) is 6.32. The lowest BCUT2D eigenvalue weighted by Crippen LogP contribution is -2.05. The summed E-state index contributed by atoms with van der Waals surface area (Å²) in [6.45, 7) is 5.66. The Morgan fingerprint density at radius 3 is 2.63 bits per heavy atom. The molecule has 104 valence electrons. The molecule has 2 N–H and O–H groups in total. The molecule has 0 heterocycles. The Morgan fingerprint density at radius 1 is 1.53 bits per heavy atom. The van der Waals surface area contributed by atoms with E-state index in [1.807, 2.05) is 20.8 Å². The molecule has 0 bridgehead atoms. The zero-order valence-corrected chi connectivity index (χ0v) is 11.4. The van der Waals surface area contributed by atoms with E-state index in [1.54, 1.807) is 6.08 Å². The van der Waals surface area contributed by atoms with Crippen LogP contribution in [-0.4, -0.2) is 4.92 Å². The largest absolute Gasteiger partial charge is 0.398 e. The number of nitro groups is 1. The monoisotopic (exact) mass is 266 g/mol. The Balaban J connectivity index is 3.41.